The molecule has 3 fully saturated rings. The quantitative estimate of drug-likeness (QED) is 0.278. The Bertz CT molecular complexity index is 1430. The van der Waals surface area contributed by atoms with Gasteiger partial charge in [-0.05, 0) is 67.0 Å². The number of pyridine rings is 1. The molecule has 5 rings (SSSR count). The summed E-state index contributed by atoms with van der Waals surface area (Å²) < 4.78 is 0. The number of imide groups is 2. The third kappa shape index (κ3) is 6.19. The lowest BCUT2D eigenvalue weighted by molar-refractivity contribution is -0.139. The van der Waals surface area contributed by atoms with E-state index in [2.05, 4.69) is 37.3 Å². The Morgan fingerprint density at radius 2 is 1.98 bits per heavy atom. The maximum atomic E-state index is 13.3. The van der Waals surface area contributed by atoms with Crippen LogP contribution in [0, 0.1) is 17.3 Å². The van der Waals surface area contributed by atoms with Crippen LogP contribution in [0.5, 0.6) is 0 Å². The number of aryl methyl sites for hydroxylation is 1. The molecule has 3 aliphatic rings. The van der Waals surface area contributed by atoms with Crippen LogP contribution >= 0.6 is 0 Å². The van der Waals surface area contributed by atoms with Gasteiger partial charge in [0, 0.05) is 55.6 Å². The highest BCUT2D eigenvalue weighted by Crippen LogP contribution is 2.41. The molecule has 5 amide bonds. The second-order valence-corrected chi connectivity index (χ2v) is 11.1. The van der Waals surface area contributed by atoms with E-state index in [0.29, 0.717) is 42.6 Å². The Balaban J connectivity index is 1.15. The highest BCUT2D eigenvalue weighted by molar-refractivity contribution is 6.07. The molecule has 3 aliphatic heterocycles. The maximum Gasteiger partial charge on any atom is 0.261 e. The Kier molecular flexibility index (Phi) is 8.64. The van der Waals surface area contributed by atoms with Crippen molar-refractivity contribution in [2.75, 3.05) is 42.9 Å². The van der Waals surface area contributed by atoms with Crippen molar-refractivity contribution >= 4 is 42.0 Å². The summed E-state index contributed by atoms with van der Waals surface area (Å²) in [5.41, 5.74) is 3.37. The van der Waals surface area contributed by atoms with Crippen LogP contribution in [0.3, 0.4) is 0 Å². The van der Waals surface area contributed by atoms with Crippen molar-refractivity contribution in [1.82, 2.24) is 20.1 Å². The van der Waals surface area contributed by atoms with Gasteiger partial charge < -0.3 is 10.2 Å². The minimum Gasteiger partial charge on any atom is -0.371 e. The van der Waals surface area contributed by atoms with E-state index in [1.165, 1.54) is 0 Å². The van der Waals surface area contributed by atoms with Gasteiger partial charge in [0.1, 0.15) is 11.9 Å². The van der Waals surface area contributed by atoms with Gasteiger partial charge in [0.2, 0.25) is 24.6 Å². The number of carbonyl (C=O) groups excluding carboxylic acids is 5. The molecular formula is C31H34N6O5. The Morgan fingerprint density at radius 1 is 1.19 bits per heavy atom. The second kappa shape index (κ2) is 12.5. The normalized spacial score (nSPS) is 19.6. The minimum atomic E-state index is -0.987. The number of nitrogens with zero attached hydrogens (tertiary/aromatic N) is 4. The lowest BCUT2D eigenvalue weighted by Crippen LogP contribution is -2.60. The molecule has 11 heteroatoms. The molecule has 3 saturated heterocycles. The molecule has 2 aromatic rings. The van der Waals surface area contributed by atoms with Gasteiger partial charge in [0.25, 0.3) is 5.91 Å². The van der Waals surface area contributed by atoms with Gasteiger partial charge in [-0.25, -0.2) is 4.98 Å². The zero-order chi connectivity index (χ0) is 29.7. The van der Waals surface area contributed by atoms with E-state index < -0.39 is 23.8 Å². The maximum absolute atomic E-state index is 13.3. The predicted molar refractivity (Wildman–Crippen MR) is 155 cm³/mol. The fourth-order valence-corrected chi connectivity index (χ4v) is 6.06. The number of rotatable bonds is 8. The number of carbonyl (C=O) groups is 5. The first-order valence-corrected chi connectivity index (χ1v) is 14.2. The highest BCUT2D eigenvalue weighted by atomic mass is 16.2. The van der Waals surface area contributed by atoms with E-state index in [-0.39, 0.29) is 12.8 Å². The van der Waals surface area contributed by atoms with E-state index >= 15 is 0 Å². The molecule has 1 spiro atoms. The first-order chi connectivity index (χ1) is 20.3. The van der Waals surface area contributed by atoms with E-state index in [0.717, 1.165) is 60.7 Å². The van der Waals surface area contributed by atoms with Gasteiger partial charge in [-0.1, -0.05) is 18.8 Å². The number of benzene rings is 1. The standard InChI is InChI=1S/C31H34N6O5/c1-2-23-16-24(6-7-25(23)30(42)37(21-39)26-8-10-28(40)34-29(26)41)36-14-11-31(12-15-36)18-35(19-31)13-3-4-22-5-9-27(32-17-22)33-20-38/h5-7,9,16-17,20-21,26H,2,8,10-15,18-19H2,1H3,(H,32,33,38)(H,34,40,41). The van der Waals surface area contributed by atoms with Crippen LogP contribution in [0.2, 0.25) is 0 Å². The monoisotopic (exact) mass is 570 g/mol. The third-order valence-electron chi connectivity index (χ3n) is 8.41. The summed E-state index contributed by atoms with van der Waals surface area (Å²) in [4.78, 5) is 69.2. The highest BCUT2D eigenvalue weighted by Gasteiger charge is 2.44. The van der Waals surface area contributed by atoms with Crippen LogP contribution in [0.1, 0.15) is 54.1 Å². The zero-order valence-electron chi connectivity index (χ0n) is 23.6. The Labute approximate surface area is 244 Å². The van der Waals surface area contributed by atoms with Gasteiger partial charge in [-0.2, -0.15) is 0 Å². The van der Waals surface area contributed by atoms with E-state index in [9.17, 15) is 24.0 Å². The molecule has 42 heavy (non-hydrogen) atoms. The molecular weight excluding hydrogens is 536 g/mol. The van der Waals surface area contributed by atoms with Gasteiger partial charge >= 0.3 is 0 Å². The van der Waals surface area contributed by atoms with Crippen LogP contribution in [0.15, 0.2) is 36.5 Å². The minimum absolute atomic E-state index is 0.0870. The summed E-state index contributed by atoms with van der Waals surface area (Å²) in [6, 6.07) is 8.24. The smallest absolute Gasteiger partial charge is 0.261 e. The number of amides is 5. The summed E-state index contributed by atoms with van der Waals surface area (Å²) in [5.74, 6) is 5.30. The summed E-state index contributed by atoms with van der Waals surface area (Å²) in [7, 11) is 0. The van der Waals surface area contributed by atoms with Crippen LogP contribution in [-0.2, 0) is 25.6 Å². The fourth-order valence-electron chi connectivity index (χ4n) is 6.06. The van der Waals surface area contributed by atoms with Crippen LogP contribution in [0.4, 0.5) is 11.5 Å². The number of piperidine rings is 2. The molecule has 0 bridgehead atoms. The lowest BCUT2D eigenvalue weighted by Gasteiger charge is -2.54. The molecule has 1 unspecified atom stereocenters. The average molecular weight is 571 g/mol. The Hall–Kier alpha value is -4.56. The number of hydrogen-bond donors (Lipinski definition) is 2. The molecule has 218 valence electrons. The number of likely N-dealkylation sites (tertiary alicyclic amines) is 1. The summed E-state index contributed by atoms with van der Waals surface area (Å²) >= 11 is 0. The topological polar surface area (TPSA) is 132 Å². The van der Waals surface area contributed by atoms with Crippen LogP contribution < -0.4 is 15.5 Å². The first kappa shape index (κ1) is 29.0. The fraction of sp³-hybridized carbons (Fsp3) is 0.419. The average Bonchev–Trinajstić information content (AvgIpc) is 2.98. The number of anilines is 2. The summed E-state index contributed by atoms with van der Waals surface area (Å²) in [6.45, 7) is 6.53. The van der Waals surface area contributed by atoms with Gasteiger partial charge in [0.15, 0.2) is 0 Å². The molecule has 0 aliphatic carbocycles. The van der Waals surface area contributed by atoms with Crippen LogP contribution in [-0.4, -0.2) is 84.1 Å². The number of aromatic nitrogens is 1. The molecule has 0 radical (unpaired) electrons. The van der Waals surface area contributed by atoms with Crippen LogP contribution in [0.25, 0.3) is 0 Å². The molecule has 1 aromatic carbocycles. The van der Waals surface area contributed by atoms with Crippen molar-refractivity contribution in [3.05, 3.63) is 53.2 Å². The van der Waals surface area contributed by atoms with Crippen molar-refractivity contribution in [1.29, 1.82) is 0 Å². The van der Waals surface area contributed by atoms with Crippen molar-refractivity contribution < 1.29 is 24.0 Å². The van der Waals surface area contributed by atoms with Gasteiger partial charge in [-0.3, -0.25) is 39.1 Å². The van der Waals surface area contributed by atoms with E-state index in [1.54, 1.807) is 18.3 Å². The van der Waals surface area contributed by atoms with Gasteiger partial charge in [-0.15, -0.1) is 0 Å². The third-order valence-corrected chi connectivity index (χ3v) is 8.41. The predicted octanol–water partition coefficient (Wildman–Crippen LogP) is 1.57. The second-order valence-electron chi connectivity index (χ2n) is 11.1. The number of hydrogen-bond acceptors (Lipinski definition) is 8. The molecule has 2 N–H and O–H groups in total. The molecule has 11 nitrogen and oxygen atoms in total. The van der Waals surface area contributed by atoms with Crippen molar-refractivity contribution in [3.8, 4) is 11.8 Å². The van der Waals surface area contributed by atoms with Crippen molar-refractivity contribution in [2.45, 2.75) is 45.1 Å². The SMILES string of the molecule is CCc1cc(N2CCC3(CC2)CN(CC#Cc2ccc(NC=O)nc2)C3)ccc1C(=O)N(C=O)C1CCC(=O)NC1=O. The summed E-state index contributed by atoms with van der Waals surface area (Å²) in [5, 5.41) is 4.72. The van der Waals surface area contributed by atoms with E-state index in [1.807, 2.05) is 25.1 Å². The number of nitrogens with one attached hydrogen (secondary N) is 2. The largest absolute Gasteiger partial charge is 0.371 e. The zero-order valence-corrected chi connectivity index (χ0v) is 23.6. The molecule has 1 aromatic heterocycles. The summed E-state index contributed by atoms with van der Waals surface area (Å²) in [6.07, 6.45) is 5.58. The van der Waals surface area contributed by atoms with E-state index in [4.69, 9.17) is 0 Å². The van der Waals surface area contributed by atoms with Gasteiger partial charge in [0.05, 0.1) is 6.54 Å². The Morgan fingerprint density at radius 3 is 2.62 bits per heavy atom. The first-order valence-electron chi connectivity index (χ1n) is 14.2. The molecule has 1 atom stereocenters. The van der Waals surface area contributed by atoms with Crippen molar-refractivity contribution in [2.24, 2.45) is 5.41 Å². The molecule has 0 saturated carbocycles. The van der Waals surface area contributed by atoms with Crippen molar-refractivity contribution in [3.63, 3.8) is 0 Å². The molecule has 4 heterocycles. The lowest BCUT2D eigenvalue weighted by atomic mass is 9.72.